The smallest absolute Gasteiger partial charge is 0.354 e. The van der Waals surface area contributed by atoms with Crippen molar-refractivity contribution in [2.75, 3.05) is 33.3 Å². The Morgan fingerprint density at radius 3 is 2.37 bits per heavy atom. The number of ether oxygens (including phenoxy) is 1. The summed E-state index contributed by atoms with van der Waals surface area (Å²) in [6.07, 6.45) is -4.89. The summed E-state index contributed by atoms with van der Waals surface area (Å²) in [6.45, 7) is 0.927. The Morgan fingerprint density at radius 2 is 1.85 bits per heavy atom. The van der Waals surface area contributed by atoms with Gasteiger partial charge in [0.2, 0.25) is 11.8 Å². The van der Waals surface area contributed by atoms with E-state index in [0.717, 1.165) is 0 Å². The van der Waals surface area contributed by atoms with Gasteiger partial charge in [0, 0.05) is 38.5 Å². The average molecular weight is 384 g/mol. The first-order valence-electron chi connectivity index (χ1n) is 8.95. The lowest BCUT2D eigenvalue weighted by Crippen LogP contribution is -2.45. The van der Waals surface area contributed by atoms with Gasteiger partial charge >= 0.3 is 6.18 Å². The second-order valence-electron chi connectivity index (χ2n) is 7.45. The average Bonchev–Trinajstić information content (AvgIpc) is 2.88. The van der Waals surface area contributed by atoms with Gasteiger partial charge in [0.25, 0.3) is 0 Å². The van der Waals surface area contributed by atoms with E-state index in [1.165, 1.54) is 29.2 Å². The number of benzene rings is 1. The van der Waals surface area contributed by atoms with Crippen LogP contribution in [0.5, 0.6) is 0 Å². The summed E-state index contributed by atoms with van der Waals surface area (Å²) in [4.78, 5) is 27.4. The van der Waals surface area contributed by atoms with Crippen LogP contribution in [0.4, 0.5) is 13.2 Å². The number of rotatable bonds is 4. The molecule has 1 unspecified atom stereocenters. The van der Waals surface area contributed by atoms with Crippen LogP contribution in [0, 0.1) is 5.41 Å². The molecule has 0 bridgehead atoms. The van der Waals surface area contributed by atoms with Crippen molar-refractivity contribution in [2.24, 2.45) is 5.41 Å². The third kappa shape index (κ3) is 4.43. The van der Waals surface area contributed by atoms with Crippen molar-refractivity contribution in [3.05, 3.63) is 35.9 Å². The molecule has 0 radical (unpaired) electrons. The van der Waals surface area contributed by atoms with Crippen molar-refractivity contribution in [2.45, 2.75) is 31.5 Å². The van der Waals surface area contributed by atoms with Gasteiger partial charge in [-0.05, 0) is 18.4 Å². The molecule has 1 aromatic rings. The molecule has 3 rings (SSSR count). The zero-order valence-electron chi connectivity index (χ0n) is 15.2. The van der Waals surface area contributed by atoms with Crippen molar-refractivity contribution in [3.63, 3.8) is 0 Å². The van der Waals surface area contributed by atoms with E-state index in [2.05, 4.69) is 0 Å². The fourth-order valence-electron chi connectivity index (χ4n) is 3.92. The predicted octanol–water partition coefficient (Wildman–Crippen LogP) is 2.78. The first-order valence-corrected chi connectivity index (χ1v) is 8.95. The van der Waals surface area contributed by atoms with Crippen LogP contribution in [0.25, 0.3) is 0 Å². The van der Waals surface area contributed by atoms with Crippen LogP contribution in [0.3, 0.4) is 0 Å². The summed E-state index contributed by atoms with van der Waals surface area (Å²) in [6, 6.07) is 7.30. The molecule has 2 aliphatic heterocycles. The third-order valence-electron chi connectivity index (χ3n) is 5.47. The lowest BCUT2D eigenvalue weighted by Gasteiger charge is -2.38. The number of carbonyl (C=O) groups is 2. The topological polar surface area (TPSA) is 49.9 Å². The van der Waals surface area contributed by atoms with E-state index in [0.29, 0.717) is 38.9 Å². The van der Waals surface area contributed by atoms with Crippen LogP contribution in [0.2, 0.25) is 0 Å². The first-order chi connectivity index (χ1) is 12.7. The molecule has 2 amide bonds. The third-order valence-corrected chi connectivity index (χ3v) is 5.47. The van der Waals surface area contributed by atoms with Gasteiger partial charge in [-0.2, -0.15) is 13.2 Å². The van der Waals surface area contributed by atoms with E-state index in [9.17, 15) is 22.8 Å². The maximum absolute atomic E-state index is 13.3. The number of carbonyl (C=O) groups excluding carboxylic acids is 2. The van der Waals surface area contributed by atoms with Crippen molar-refractivity contribution in [3.8, 4) is 0 Å². The SMILES string of the molecule is CN1CC2(CCN(C(=O)COC(c3ccccc3)C(F)(F)F)CC2)CC1=O. The number of likely N-dealkylation sites (tertiary alicyclic amines) is 2. The summed E-state index contributed by atoms with van der Waals surface area (Å²) < 4.78 is 44.8. The van der Waals surface area contributed by atoms with Crippen LogP contribution >= 0.6 is 0 Å². The highest BCUT2D eigenvalue weighted by Crippen LogP contribution is 2.40. The minimum atomic E-state index is -4.59. The second kappa shape index (κ2) is 7.50. The van der Waals surface area contributed by atoms with Crippen molar-refractivity contribution < 1.29 is 27.5 Å². The molecule has 2 heterocycles. The molecule has 0 N–H and O–H groups in total. The Hall–Kier alpha value is -2.09. The summed E-state index contributed by atoms with van der Waals surface area (Å²) in [5, 5.41) is 0. The lowest BCUT2D eigenvalue weighted by atomic mass is 9.77. The van der Waals surface area contributed by atoms with Gasteiger partial charge in [-0.25, -0.2) is 0 Å². The van der Waals surface area contributed by atoms with Crippen molar-refractivity contribution in [1.29, 1.82) is 0 Å². The molecule has 1 aromatic carbocycles. The van der Waals surface area contributed by atoms with Crippen LogP contribution in [-0.4, -0.2) is 61.1 Å². The predicted molar refractivity (Wildman–Crippen MR) is 91.7 cm³/mol. The van der Waals surface area contributed by atoms with Crippen LogP contribution in [-0.2, 0) is 14.3 Å². The highest BCUT2D eigenvalue weighted by molar-refractivity contribution is 5.80. The Kier molecular flexibility index (Phi) is 5.46. The zero-order valence-corrected chi connectivity index (χ0v) is 15.2. The highest BCUT2D eigenvalue weighted by atomic mass is 19.4. The molecular weight excluding hydrogens is 361 g/mol. The van der Waals surface area contributed by atoms with Gasteiger partial charge in [-0.1, -0.05) is 30.3 Å². The molecule has 0 aromatic heterocycles. The summed E-state index contributed by atoms with van der Waals surface area (Å²) in [5.74, 6) is -0.346. The van der Waals surface area contributed by atoms with Gasteiger partial charge in [0.05, 0.1) is 0 Å². The number of nitrogens with zero attached hydrogens (tertiary/aromatic N) is 2. The van der Waals surface area contributed by atoms with Crippen LogP contribution in [0.1, 0.15) is 30.9 Å². The molecule has 2 aliphatic rings. The summed E-state index contributed by atoms with van der Waals surface area (Å²) in [5.41, 5.74) is -0.134. The van der Waals surface area contributed by atoms with Gasteiger partial charge < -0.3 is 14.5 Å². The minimum absolute atomic E-state index is 0.0251. The second-order valence-corrected chi connectivity index (χ2v) is 7.45. The number of alkyl halides is 3. The molecule has 5 nitrogen and oxygen atoms in total. The molecule has 8 heteroatoms. The highest BCUT2D eigenvalue weighted by Gasteiger charge is 2.45. The number of amides is 2. The zero-order chi connectivity index (χ0) is 19.7. The molecule has 0 aliphatic carbocycles. The number of halogens is 3. The van der Waals surface area contributed by atoms with E-state index >= 15 is 0 Å². The summed E-state index contributed by atoms with van der Waals surface area (Å²) in [7, 11) is 1.77. The molecule has 1 spiro atoms. The quantitative estimate of drug-likeness (QED) is 0.802. The van der Waals surface area contributed by atoms with Gasteiger partial charge in [-0.15, -0.1) is 0 Å². The number of piperidine rings is 1. The normalized spacial score (nSPS) is 21.0. The number of hydrogen-bond acceptors (Lipinski definition) is 3. The van der Waals surface area contributed by atoms with E-state index < -0.39 is 24.8 Å². The Bertz CT molecular complexity index is 685. The molecule has 2 saturated heterocycles. The molecule has 27 heavy (non-hydrogen) atoms. The fourth-order valence-corrected chi connectivity index (χ4v) is 3.92. The largest absolute Gasteiger partial charge is 0.418 e. The van der Waals surface area contributed by atoms with Crippen LogP contribution < -0.4 is 0 Å². The Balaban J connectivity index is 1.55. The number of hydrogen-bond donors (Lipinski definition) is 0. The molecule has 0 saturated carbocycles. The maximum Gasteiger partial charge on any atom is 0.418 e. The monoisotopic (exact) mass is 384 g/mol. The van der Waals surface area contributed by atoms with Crippen molar-refractivity contribution >= 4 is 11.8 Å². The van der Waals surface area contributed by atoms with Gasteiger partial charge in [0.15, 0.2) is 6.10 Å². The Labute approximate surface area is 156 Å². The van der Waals surface area contributed by atoms with E-state index in [1.54, 1.807) is 18.0 Å². The summed E-state index contributed by atoms with van der Waals surface area (Å²) >= 11 is 0. The van der Waals surface area contributed by atoms with Crippen molar-refractivity contribution in [1.82, 2.24) is 9.80 Å². The fraction of sp³-hybridized carbons (Fsp3) is 0.579. The van der Waals surface area contributed by atoms with Gasteiger partial charge in [0.1, 0.15) is 6.61 Å². The molecule has 2 fully saturated rings. The lowest BCUT2D eigenvalue weighted by molar-refractivity contribution is -0.224. The first kappa shape index (κ1) is 19.7. The van der Waals surface area contributed by atoms with Crippen LogP contribution in [0.15, 0.2) is 30.3 Å². The van der Waals surface area contributed by atoms with Gasteiger partial charge in [-0.3, -0.25) is 9.59 Å². The van der Waals surface area contributed by atoms with E-state index in [1.807, 2.05) is 0 Å². The standard InChI is InChI=1S/C19H23F3N2O3/c1-23-13-18(11-15(23)25)7-9-24(10-8-18)16(26)12-27-17(19(20,21)22)14-5-3-2-4-6-14/h2-6,17H,7-13H2,1H3. The molecule has 1 atom stereocenters. The maximum atomic E-state index is 13.3. The minimum Gasteiger partial charge on any atom is -0.354 e. The Morgan fingerprint density at radius 1 is 1.22 bits per heavy atom. The van der Waals surface area contributed by atoms with E-state index in [-0.39, 0.29) is 16.9 Å². The molecular formula is C19H23F3N2O3. The van der Waals surface area contributed by atoms with E-state index in [4.69, 9.17) is 4.74 Å². The molecule has 148 valence electrons.